The predicted molar refractivity (Wildman–Crippen MR) is 91.8 cm³/mol. The number of hydrogen-bond acceptors (Lipinski definition) is 3. The average molecular weight is 363 g/mol. The van der Waals surface area contributed by atoms with E-state index in [0.717, 1.165) is 28.0 Å². The van der Waals surface area contributed by atoms with Gasteiger partial charge in [-0.05, 0) is 52.2 Å². The zero-order valence-corrected chi connectivity index (χ0v) is 13.8. The van der Waals surface area contributed by atoms with Gasteiger partial charge in [-0.15, -0.1) is 11.8 Å². The first-order chi connectivity index (χ1) is 10.1. The summed E-state index contributed by atoms with van der Waals surface area (Å²) in [4.78, 5) is 15.3. The Bertz CT molecular complexity index is 690. The third-order valence-electron chi connectivity index (χ3n) is 3.50. The topological polar surface area (TPSA) is 46.3 Å². The predicted octanol–water partition coefficient (Wildman–Crippen LogP) is 3.71. The number of carbonyl (C=O) groups excluding carboxylic acids is 1. The number of nitrogens with zero attached hydrogens (tertiary/aromatic N) is 1. The van der Waals surface area contributed by atoms with Crippen LogP contribution in [-0.4, -0.2) is 18.2 Å². The van der Waals surface area contributed by atoms with Crippen molar-refractivity contribution in [1.82, 2.24) is 0 Å². The molecule has 5 heteroatoms. The molecule has 3 rings (SSSR count). The third-order valence-corrected chi connectivity index (χ3v) is 5.47. The second kappa shape index (κ2) is 6.12. The van der Waals surface area contributed by atoms with Crippen molar-refractivity contribution in [3.63, 3.8) is 0 Å². The summed E-state index contributed by atoms with van der Waals surface area (Å²) in [5.41, 5.74) is 8.74. The molecule has 0 saturated heterocycles. The molecule has 1 heterocycles. The molecule has 3 nitrogen and oxygen atoms in total. The first kappa shape index (κ1) is 14.5. The quantitative estimate of drug-likeness (QED) is 0.668. The van der Waals surface area contributed by atoms with E-state index in [1.165, 1.54) is 17.3 Å². The molecule has 0 saturated carbocycles. The van der Waals surface area contributed by atoms with Gasteiger partial charge in [-0.1, -0.05) is 18.2 Å². The maximum Gasteiger partial charge on any atom is 0.237 e. The number of amides is 1. The Labute approximate surface area is 136 Å². The summed E-state index contributed by atoms with van der Waals surface area (Å²) in [5.74, 6) is 0.574. The number of rotatable bonds is 3. The average Bonchev–Trinajstić information content (AvgIpc) is 2.90. The van der Waals surface area contributed by atoms with E-state index in [2.05, 4.69) is 22.0 Å². The van der Waals surface area contributed by atoms with Gasteiger partial charge in [-0.25, -0.2) is 0 Å². The molecule has 1 amide bonds. The summed E-state index contributed by atoms with van der Waals surface area (Å²) >= 11 is 5.01. The minimum Gasteiger partial charge on any atom is -0.399 e. The van der Waals surface area contributed by atoms with Crippen molar-refractivity contribution in [2.45, 2.75) is 11.3 Å². The Morgan fingerprint density at radius 3 is 2.90 bits per heavy atom. The number of nitrogen functional groups attached to an aromatic ring is 1. The van der Waals surface area contributed by atoms with Crippen LogP contribution >= 0.6 is 27.7 Å². The van der Waals surface area contributed by atoms with Crippen LogP contribution in [0.5, 0.6) is 0 Å². The van der Waals surface area contributed by atoms with Gasteiger partial charge in [0.2, 0.25) is 5.91 Å². The molecule has 0 radical (unpaired) electrons. The highest BCUT2D eigenvalue weighted by atomic mass is 79.9. The number of anilines is 2. The zero-order chi connectivity index (χ0) is 14.8. The van der Waals surface area contributed by atoms with E-state index >= 15 is 0 Å². The highest BCUT2D eigenvalue weighted by Crippen LogP contribution is 2.31. The van der Waals surface area contributed by atoms with E-state index in [1.54, 1.807) is 0 Å². The second-order valence-corrected chi connectivity index (χ2v) is 6.77. The molecule has 108 valence electrons. The van der Waals surface area contributed by atoms with E-state index in [9.17, 15) is 4.79 Å². The van der Waals surface area contributed by atoms with E-state index in [0.29, 0.717) is 11.4 Å². The Kier molecular flexibility index (Phi) is 4.22. The Morgan fingerprint density at radius 1 is 1.29 bits per heavy atom. The van der Waals surface area contributed by atoms with E-state index in [4.69, 9.17) is 5.73 Å². The molecule has 1 aliphatic heterocycles. The first-order valence-corrected chi connectivity index (χ1v) is 8.49. The van der Waals surface area contributed by atoms with Crippen LogP contribution in [0.2, 0.25) is 0 Å². The van der Waals surface area contributed by atoms with Gasteiger partial charge >= 0.3 is 0 Å². The van der Waals surface area contributed by atoms with Gasteiger partial charge < -0.3 is 10.6 Å². The molecular weight excluding hydrogens is 348 g/mol. The number of fused-ring (bicyclic) bond motifs is 1. The maximum atomic E-state index is 12.4. The lowest BCUT2D eigenvalue weighted by molar-refractivity contribution is -0.116. The van der Waals surface area contributed by atoms with Crippen LogP contribution in [0.1, 0.15) is 5.56 Å². The van der Waals surface area contributed by atoms with Crippen molar-refractivity contribution in [2.75, 3.05) is 22.9 Å². The Morgan fingerprint density at radius 2 is 2.10 bits per heavy atom. The molecule has 1 aliphatic rings. The fourth-order valence-electron chi connectivity index (χ4n) is 2.45. The van der Waals surface area contributed by atoms with Crippen molar-refractivity contribution in [1.29, 1.82) is 0 Å². The highest BCUT2D eigenvalue weighted by Gasteiger charge is 2.23. The highest BCUT2D eigenvalue weighted by molar-refractivity contribution is 9.10. The molecular formula is C16H15BrN2OS. The number of halogens is 1. The molecule has 2 aromatic carbocycles. The smallest absolute Gasteiger partial charge is 0.237 e. The summed E-state index contributed by atoms with van der Waals surface area (Å²) in [5, 5.41) is 0. The lowest BCUT2D eigenvalue weighted by atomic mass is 10.2. The number of hydrogen-bond donors (Lipinski definition) is 1. The van der Waals surface area contributed by atoms with Crippen LogP contribution in [0.3, 0.4) is 0 Å². The van der Waals surface area contributed by atoms with Gasteiger partial charge in [0, 0.05) is 27.3 Å². The number of thioether (sulfide) groups is 1. The van der Waals surface area contributed by atoms with E-state index < -0.39 is 0 Å². The fourth-order valence-corrected chi connectivity index (χ4v) is 3.98. The van der Waals surface area contributed by atoms with Crippen molar-refractivity contribution in [3.8, 4) is 0 Å². The van der Waals surface area contributed by atoms with Gasteiger partial charge in [-0.3, -0.25) is 4.79 Å². The van der Waals surface area contributed by atoms with E-state index in [-0.39, 0.29) is 5.91 Å². The van der Waals surface area contributed by atoms with Crippen molar-refractivity contribution in [2.24, 2.45) is 0 Å². The van der Waals surface area contributed by atoms with Gasteiger partial charge in [0.05, 0.1) is 5.75 Å². The van der Waals surface area contributed by atoms with Crippen LogP contribution in [0, 0.1) is 0 Å². The summed E-state index contributed by atoms with van der Waals surface area (Å²) in [7, 11) is 0. The maximum absolute atomic E-state index is 12.4. The minimum absolute atomic E-state index is 0.147. The first-order valence-electron chi connectivity index (χ1n) is 6.71. The third kappa shape index (κ3) is 3.09. The van der Waals surface area contributed by atoms with Crippen LogP contribution in [0.25, 0.3) is 0 Å². The van der Waals surface area contributed by atoms with Gasteiger partial charge in [0.25, 0.3) is 0 Å². The van der Waals surface area contributed by atoms with Gasteiger partial charge in [-0.2, -0.15) is 0 Å². The molecule has 21 heavy (non-hydrogen) atoms. The normalized spacial score (nSPS) is 13.3. The number of benzene rings is 2. The van der Waals surface area contributed by atoms with Crippen LogP contribution < -0.4 is 10.6 Å². The summed E-state index contributed by atoms with van der Waals surface area (Å²) in [6.07, 6.45) is 0.943. The molecule has 0 aliphatic carbocycles. The largest absolute Gasteiger partial charge is 0.399 e. The standard InChI is InChI=1S/C16H15BrN2OS/c17-13-9-12(18)5-6-15(13)21-10-16(20)19-8-7-11-3-1-2-4-14(11)19/h1-6,9H,7-8,10,18H2. The summed E-state index contributed by atoms with van der Waals surface area (Å²) in [6, 6.07) is 13.8. The second-order valence-electron chi connectivity index (χ2n) is 4.90. The number of para-hydroxylation sites is 1. The molecule has 0 atom stereocenters. The Balaban J connectivity index is 1.68. The molecule has 0 aromatic heterocycles. The lowest BCUT2D eigenvalue weighted by Gasteiger charge is -2.17. The molecule has 0 bridgehead atoms. The number of carbonyl (C=O) groups is 1. The van der Waals surface area contributed by atoms with E-state index in [1.807, 2.05) is 41.3 Å². The summed E-state index contributed by atoms with van der Waals surface area (Å²) < 4.78 is 0.933. The fraction of sp³-hybridized carbons (Fsp3) is 0.188. The van der Waals surface area contributed by atoms with Crippen molar-refractivity contribution >= 4 is 45.0 Å². The van der Waals surface area contributed by atoms with Gasteiger partial charge in [0.1, 0.15) is 0 Å². The van der Waals surface area contributed by atoms with Crippen LogP contribution in [0.15, 0.2) is 51.8 Å². The zero-order valence-electron chi connectivity index (χ0n) is 11.4. The van der Waals surface area contributed by atoms with Crippen LogP contribution in [-0.2, 0) is 11.2 Å². The van der Waals surface area contributed by atoms with Crippen molar-refractivity contribution < 1.29 is 4.79 Å². The number of nitrogens with two attached hydrogens (primary N) is 1. The monoisotopic (exact) mass is 362 g/mol. The molecule has 2 aromatic rings. The molecule has 0 unspecified atom stereocenters. The van der Waals surface area contributed by atoms with Gasteiger partial charge in [0.15, 0.2) is 0 Å². The molecule has 2 N–H and O–H groups in total. The molecule has 0 spiro atoms. The SMILES string of the molecule is Nc1ccc(SCC(=O)N2CCc3ccccc32)c(Br)c1. The Hall–Kier alpha value is -1.46. The minimum atomic E-state index is 0.147. The summed E-state index contributed by atoms with van der Waals surface area (Å²) in [6.45, 7) is 0.779. The lowest BCUT2D eigenvalue weighted by Crippen LogP contribution is -2.30. The van der Waals surface area contributed by atoms with Crippen molar-refractivity contribution in [3.05, 3.63) is 52.5 Å². The molecule has 0 fully saturated rings. The van der Waals surface area contributed by atoms with Crippen LogP contribution in [0.4, 0.5) is 11.4 Å².